The normalized spacial score (nSPS) is 13.7. The molecule has 0 N–H and O–H groups in total. The lowest BCUT2D eigenvalue weighted by molar-refractivity contribution is 0.443. The van der Waals surface area contributed by atoms with Crippen LogP contribution in [0.2, 0.25) is 0 Å². The van der Waals surface area contributed by atoms with E-state index in [0.717, 1.165) is 18.0 Å². The highest BCUT2D eigenvalue weighted by Gasteiger charge is 2.38. The highest BCUT2D eigenvalue weighted by molar-refractivity contribution is 6.10. The summed E-state index contributed by atoms with van der Waals surface area (Å²) < 4.78 is 0. The fourth-order valence-electron chi connectivity index (χ4n) is 11.1. The number of anilines is 3. The second-order valence-electron chi connectivity index (χ2n) is 20.9. The van der Waals surface area contributed by atoms with Crippen molar-refractivity contribution in [1.82, 2.24) is 0 Å². The van der Waals surface area contributed by atoms with E-state index in [9.17, 15) is 0 Å². The van der Waals surface area contributed by atoms with E-state index in [1.165, 1.54) is 127 Å². The van der Waals surface area contributed by atoms with Crippen LogP contribution >= 0.6 is 0 Å². The van der Waals surface area contributed by atoms with Crippen molar-refractivity contribution < 1.29 is 0 Å². The predicted octanol–water partition coefficient (Wildman–Crippen LogP) is 21.9. The summed E-state index contributed by atoms with van der Waals surface area (Å²) in [7, 11) is 0. The van der Waals surface area contributed by atoms with E-state index >= 15 is 0 Å². The van der Waals surface area contributed by atoms with Gasteiger partial charge in [0, 0.05) is 22.2 Å². The van der Waals surface area contributed by atoms with Crippen LogP contribution in [-0.4, -0.2) is 0 Å². The van der Waals surface area contributed by atoms with Gasteiger partial charge in [-0.1, -0.05) is 244 Å². The standard InChI is InChI=1S/C43H41N.C13H18.C11H16.2C2H6/c1-7-29(3)33-17-11-12-18-35(33)34-24-22-32(26-30(34)4)44(31-15-9-8-10-16-31)41-27-40-42(37-20-14-13-19-36(37)41)38-23-21-28(2)25-39(38)43(40,5)6;1-11-6-5-9-13(10-11)12-7-3-2-4-8-12;1-8(2)11-6-9(3)5-10(4)7-11;2*1-2/h8-27,29H,7H2,1-6H3;5-6,9-10,12H,2-4,7-8H2,1H3;5-8H,1-4H3;2*1-2H3. The molecule has 0 radical (unpaired) electrons. The Kier molecular flexibility index (Phi) is 19.5. The summed E-state index contributed by atoms with van der Waals surface area (Å²) >= 11 is 0. The Morgan fingerprint density at radius 3 is 1.75 bits per heavy atom. The van der Waals surface area contributed by atoms with Gasteiger partial charge in [0.2, 0.25) is 0 Å². The van der Waals surface area contributed by atoms with Crippen molar-refractivity contribution in [3.8, 4) is 22.3 Å². The molecule has 10 rings (SSSR count). The second-order valence-corrected chi connectivity index (χ2v) is 20.9. The van der Waals surface area contributed by atoms with E-state index in [1.807, 2.05) is 27.7 Å². The molecule has 1 fully saturated rings. The van der Waals surface area contributed by atoms with Crippen molar-refractivity contribution in [2.45, 2.75) is 166 Å². The highest BCUT2D eigenvalue weighted by Crippen LogP contribution is 2.55. The topological polar surface area (TPSA) is 3.24 Å². The van der Waals surface area contributed by atoms with Crippen LogP contribution in [-0.2, 0) is 5.41 Å². The number of rotatable bonds is 8. The Morgan fingerprint density at radius 2 is 1.11 bits per heavy atom. The van der Waals surface area contributed by atoms with Gasteiger partial charge >= 0.3 is 0 Å². The van der Waals surface area contributed by atoms with Crippen LogP contribution in [0.4, 0.5) is 17.1 Å². The first-order chi connectivity index (χ1) is 34.7. The summed E-state index contributed by atoms with van der Waals surface area (Å²) in [5.41, 5.74) is 22.8. The summed E-state index contributed by atoms with van der Waals surface area (Å²) in [6.45, 7) is 32.8. The average Bonchev–Trinajstić information content (AvgIpc) is 3.62. The van der Waals surface area contributed by atoms with Crippen molar-refractivity contribution in [3.63, 3.8) is 0 Å². The molecule has 1 saturated carbocycles. The van der Waals surface area contributed by atoms with Gasteiger partial charge in [-0.3, -0.25) is 0 Å². The van der Waals surface area contributed by atoms with Gasteiger partial charge in [-0.25, -0.2) is 0 Å². The van der Waals surface area contributed by atoms with Gasteiger partial charge in [0.25, 0.3) is 0 Å². The molecule has 0 heterocycles. The Hall–Kier alpha value is -6.18. The fraction of sp³-hybridized carbons (Fsp3) is 0.352. The van der Waals surface area contributed by atoms with Crippen molar-refractivity contribution in [1.29, 1.82) is 0 Å². The first kappa shape index (κ1) is 55.1. The lowest BCUT2D eigenvalue weighted by Gasteiger charge is -2.30. The molecule has 0 bridgehead atoms. The highest BCUT2D eigenvalue weighted by atomic mass is 15.1. The summed E-state index contributed by atoms with van der Waals surface area (Å²) in [6.07, 6.45) is 8.24. The minimum absolute atomic E-state index is 0.0999. The minimum atomic E-state index is -0.0999. The number of aryl methyl sites for hydroxylation is 5. The monoisotopic (exact) mass is 954 g/mol. The number of hydrogen-bond acceptors (Lipinski definition) is 1. The van der Waals surface area contributed by atoms with Gasteiger partial charge in [-0.2, -0.15) is 0 Å². The van der Waals surface area contributed by atoms with Gasteiger partial charge in [0.1, 0.15) is 0 Å². The van der Waals surface area contributed by atoms with E-state index in [1.54, 1.807) is 5.56 Å². The number of fused-ring (bicyclic) bond motifs is 5. The molecule has 0 spiro atoms. The molecule has 1 atom stereocenters. The molecule has 8 aromatic rings. The molecule has 2 aliphatic rings. The van der Waals surface area contributed by atoms with Crippen LogP contribution in [0, 0.1) is 34.6 Å². The summed E-state index contributed by atoms with van der Waals surface area (Å²) in [5, 5.41) is 2.58. The molecular weight excluding hydrogens is 867 g/mol. The molecule has 1 nitrogen and oxygen atoms in total. The Labute approximate surface area is 437 Å². The summed E-state index contributed by atoms with van der Waals surface area (Å²) in [6, 6.07) is 61.0. The molecule has 0 amide bonds. The number of para-hydroxylation sites is 1. The van der Waals surface area contributed by atoms with Gasteiger partial charge in [-0.15, -0.1) is 0 Å². The Balaban J connectivity index is 0.000000246. The van der Waals surface area contributed by atoms with Crippen molar-refractivity contribution in [3.05, 3.63) is 219 Å². The third-order valence-electron chi connectivity index (χ3n) is 15.0. The van der Waals surface area contributed by atoms with Gasteiger partial charge in [-0.05, 0) is 163 Å². The van der Waals surface area contributed by atoms with Gasteiger partial charge in [0.15, 0.2) is 0 Å². The molecule has 0 aliphatic heterocycles. The fourth-order valence-corrected chi connectivity index (χ4v) is 11.1. The Bertz CT molecular complexity index is 2980. The molecule has 376 valence electrons. The zero-order chi connectivity index (χ0) is 52.1. The molecule has 0 aromatic heterocycles. The van der Waals surface area contributed by atoms with Crippen LogP contribution in [0.3, 0.4) is 0 Å². The van der Waals surface area contributed by atoms with Crippen LogP contribution in [0.1, 0.15) is 181 Å². The van der Waals surface area contributed by atoms with E-state index in [4.69, 9.17) is 0 Å². The average molecular weight is 954 g/mol. The zero-order valence-electron chi connectivity index (χ0n) is 47.0. The summed E-state index contributed by atoms with van der Waals surface area (Å²) in [5.74, 6) is 2.02. The van der Waals surface area contributed by atoms with Crippen molar-refractivity contribution in [2.75, 3.05) is 4.90 Å². The quantitative estimate of drug-likeness (QED) is 0.147. The largest absolute Gasteiger partial charge is 0.310 e. The summed E-state index contributed by atoms with van der Waals surface area (Å²) in [4.78, 5) is 2.46. The number of nitrogens with zero attached hydrogens (tertiary/aromatic N) is 1. The van der Waals surface area contributed by atoms with Gasteiger partial charge < -0.3 is 4.90 Å². The second kappa shape index (κ2) is 25.5. The van der Waals surface area contributed by atoms with Crippen LogP contribution in [0.25, 0.3) is 33.0 Å². The zero-order valence-corrected chi connectivity index (χ0v) is 47.0. The third-order valence-corrected chi connectivity index (χ3v) is 15.0. The predicted molar refractivity (Wildman–Crippen MR) is 320 cm³/mol. The maximum Gasteiger partial charge on any atom is 0.0543 e. The van der Waals surface area contributed by atoms with Crippen LogP contribution in [0.5, 0.6) is 0 Å². The van der Waals surface area contributed by atoms with Crippen LogP contribution in [0.15, 0.2) is 164 Å². The smallest absolute Gasteiger partial charge is 0.0543 e. The molecule has 8 aromatic carbocycles. The third kappa shape index (κ3) is 12.5. The lowest BCUT2D eigenvalue weighted by atomic mass is 9.81. The van der Waals surface area contributed by atoms with E-state index in [0.29, 0.717) is 11.8 Å². The minimum Gasteiger partial charge on any atom is -0.310 e. The lowest BCUT2D eigenvalue weighted by Crippen LogP contribution is -2.17. The molecular formula is C71H87N. The van der Waals surface area contributed by atoms with Crippen LogP contribution < -0.4 is 4.90 Å². The number of hydrogen-bond donors (Lipinski definition) is 0. The van der Waals surface area contributed by atoms with Gasteiger partial charge in [0.05, 0.1) is 5.69 Å². The maximum atomic E-state index is 2.47. The SMILES string of the molecule is CC.CC.CCC(C)c1ccccc1-c1ccc(N(c2ccccc2)c2cc3c(c4ccccc24)-c2ccc(C)cc2C3(C)C)cc1C.Cc1cc(C)cc(C(C)C)c1.Cc1cccc(C2CCCCC2)c1. The maximum absolute atomic E-state index is 2.47. The molecule has 72 heavy (non-hydrogen) atoms. The van der Waals surface area contributed by atoms with E-state index in [-0.39, 0.29) is 5.41 Å². The van der Waals surface area contributed by atoms with E-state index < -0.39 is 0 Å². The van der Waals surface area contributed by atoms with E-state index in [2.05, 4.69) is 245 Å². The molecule has 1 unspecified atom stereocenters. The molecule has 2 aliphatic carbocycles. The number of benzene rings is 8. The first-order valence-electron chi connectivity index (χ1n) is 27.6. The first-order valence-corrected chi connectivity index (χ1v) is 27.6. The van der Waals surface area contributed by atoms with Crippen molar-refractivity contribution >= 4 is 27.8 Å². The molecule has 1 heteroatoms. The Morgan fingerprint density at radius 1 is 0.500 bits per heavy atom. The van der Waals surface area contributed by atoms with Crippen molar-refractivity contribution in [2.24, 2.45) is 0 Å². The molecule has 0 saturated heterocycles.